The molecule has 0 atom stereocenters. The third-order valence-corrected chi connectivity index (χ3v) is 2.21. The van der Waals surface area contributed by atoms with Crippen molar-refractivity contribution in [3.05, 3.63) is 11.6 Å². The molecule has 0 aliphatic heterocycles. The molecule has 0 radical (unpaired) electrons. The molecule has 0 aromatic carbocycles. The average molecular weight is 162 g/mol. The van der Waals surface area contributed by atoms with Crippen molar-refractivity contribution in [2.75, 3.05) is 0 Å². The van der Waals surface area contributed by atoms with Gasteiger partial charge in [0.15, 0.2) is 5.78 Å². The van der Waals surface area contributed by atoms with E-state index in [9.17, 15) is 4.79 Å². The molecule has 64 valence electrons. The zero-order valence-corrected chi connectivity index (χ0v) is 7.68. The van der Waals surface area contributed by atoms with Crippen LogP contribution < -0.4 is 0 Å². The largest absolute Gasteiger partial charge is 0.295 e. The second kappa shape index (κ2) is 3.15. The van der Waals surface area contributed by atoms with Gasteiger partial charge in [-0.15, -0.1) is 12.3 Å². The first-order valence-corrected chi connectivity index (χ1v) is 4.23. The number of rotatable bonds is 1. The first-order chi connectivity index (χ1) is 5.55. The number of allylic oxidation sites excluding steroid dienone is 2. The van der Waals surface area contributed by atoms with Gasteiger partial charge in [-0.3, -0.25) is 4.79 Å². The zero-order valence-electron chi connectivity index (χ0n) is 7.68. The van der Waals surface area contributed by atoms with Gasteiger partial charge in [-0.2, -0.15) is 0 Å². The predicted molar refractivity (Wildman–Crippen MR) is 49.6 cm³/mol. The molecule has 0 saturated carbocycles. The maximum Gasteiger partial charge on any atom is 0.159 e. The lowest BCUT2D eigenvalue weighted by atomic mass is 9.78. The molecule has 0 heterocycles. The number of terminal acetylenes is 1. The second-order valence-corrected chi connectivity index (χ2v) is 3.96. The second-order valence-electron chi connectivity index (χ2n) is 3.96. The highest BCUT2D eigenvalue weighted by Gasteiger charge is 2.24. The van der Waals surface area contributed by atoms with Crippen molar-refractivity contribution in [1.29, 1.82) is 0 Å². The van der Waals surface area contributed by atoms with Gasteiger partial charge in [-0.1, -0.05) is 19.9 Å². The smallest absolute Gasteiger partial charge is 0.159 e. The summed E-state index contributed by atoms with van der Waals surface area (Å²) >= 11 is 0. The monoisotopic (exact) mass is 162 g/mol. The van der Waals surface area contributed by atoms with Crippen molar-refractivity contribution in [3.63, 3.8) is 0 Å². The normalized spacial score (nSPS) is 21.4. The van der Waals surface area contributed by atoms with Crippen LogP contribution in [0.15, 0.2) is 11.6 Å². The summed E-state index contributed by atoms with van der Waals surface area (Å²) in [6.45, 7) is 4.27. The van der Waals surface area contributed by atoms with Crippen molar-refractivity contribution < 1.29 is 4.79 Å². The average Bonchev–Trinajstić information content (AvgIpc) is 1.97. The Morgan fingerprint density at radius 1 is 1.67 bits per heavy atom. The Morgan fingerprint density at radius 2 is 2.33 bits per heavy atom. The van der Waals surface area contributed by atoms with Gasteiger partial charge in [-0.05, 0) is 11.8 Å². The highest BCUT2D eigenvalue weighted by atomic mass is 16.1. The van der Waals surface area contributed by atoms with Gasteiger partial charge in [0, 0.05) is 18.4 Å². The van der Waals surface area contributed by atoms with Crippen LogP contribution >= 0.6 is 0 Å². The molecule has 0 unspecified atom stereocenters. The van der Waals surface area contributed by atoms with Crippen LogP contribution in [0.4, 0.5) is 0 Å². The number of carbonyl (C=O) groups excluding carboxylic acids is 1. The van der Waals surface area contributed by atoms with E-state index in [0.29, 0.717) is 12.8 Å². The number of carbonyl (C=O) groups is 1. The molecular formula is C11H14O. The van der Waals surface area contributed by atoms with E-state index >= 15 is 0 Å². The van der Waals surface area contributed by atoms with Crippen molar-refractivity contribution in [2.24, 2.45) is 5.41 Å². The van der Waals surface area contributed by atoms with Gasteiger partial charge >= 0.3 is 0 Å². The summed E-state index contributed by atoms with van der Waals surface area (Å²) in [4.78, 5) is 11.3. The molecule has 1 heteroatoms. The van der Waals surface area contributed by atoms with E-state index in [1.807, 2.05) is 6.08 Å². The fourth-order valence-corrected chi connectivity index (χ4v) is 1.48. The van der Waals surface area contributed by atoms with Crippen molar-refractivity contribution in [2.45, 2.75) is 33.1 Å². The lowest BCUT2D eigenvalue weighted by molar-refractivity contribution is -0.116. The molecule has 0 aromatic rings. The van der Waals surface area contributed by atoms with E-state index in [4.69, 9.17) is 6.42 Å². The Kier molecular flexibility index (Phi) is 2.38. The van der Waals surface area contributed by atoms with Crippen molar-refractivity contribution in [1.82, 2.24) is 0 Å². The maximum absolute atomic E-state index is 11.3. The van der Waals surface area contributed by atoms with Crippen LogP contribution in [-0.2, 0) is 4.79 Å². The summed E-state index contributed by atoms with van der Waals surface area (Å²) in [7, 11) is 0. The van der Waals surface area contributed by atoms with E-state index in [2.05, 4.69) is 19.8 Å². The molecular weight excluding hydrogens is 148 g/mol. The quantitative estimate of drug-likeness (QED) is 0.541. The van der Waals surface area contributed by atoms with Gasteiger partial charge in [0.2, 0.25) is 0 Å². The van der Waals surface area contributed by atoms with E-state index in [-0.39, 0.29) is 11.2 Å². The van der Waals surface area contributed by atoms with Crippen LogP contribution in [0, 0.1) is 17.8 Å². The molecule has 1 aliphatic rings. The number of ketones is 1. The fraction of sp³-hybridized carbons (Fsp3) is 0.545. The highest BCUT2D eigenvalue weighted by molar-refractivity contribution is 5.96. The molecule has 0 bridgehead atoms. The minimum absolute atomic E-state index is 0.153. The summed E-state index contributed by atoms with van der Waals surface area (Å²) in [6, 6.07) is 0. The van der Waals surface area contributed by atoms with Crippen LogP contribution in [0.1, 0.15) is 33.1 Å². The van der Waals surface area contributed by atoms with Crippen molar-refractivity contribution >= 4 is 5.78 Å². The third kappa shape index (κ3) is 1.98. The Balaban J connectivity index is 2.87. The molecule has 1 nitrogen and oxygen atoms in total. The number of hydrogen-bond acceptors (Lipinski definition) is 1. The summed E-state index contributed by atoms with van der Waals surface area (Å²) in [6.07, 6.45) is 9.28. The van der Waals surface area contributed by atoms with Crippen LogP contribution in [0.5, 0.6) is 0 Å². The predicted octanol–water partition coefficient (Wildman–Crippen LogP) is 2.33. The van der Waals surface area contributed by atoms with Gasteiger partial charge in [0.05, 0.1) is 0 Å². The highest BCUT2D eigenvalue weighted by Crippen LogP contribution is 2.32. The molecule has 0 aromatic heterocycles. The van der Waals surface area contributed by atoms with Gasteiger partial charge in [0.1, 0.15) is 0 Å². The topological polar surface area (TPSA) is 17.1 Å². The lowest BCUT2D eigenvalue weighted by Gasteiger charge is -2.25. The first kappa shape index (κ1) is 9.06. The standard InChI is InChI=1S/C11H14O/c1-4-5-9-8-11(2,3)7-6-10(9)12/h1,8H,5-7H2,2-3H3. The molecule has 12 heavy (non-hydrogen) atoms. The van der Waals surface area contributed by atoms with Crippen LogP contribution in [0.25, 0.3) is 0 Å². The van der Waals surface area contributed by atoms with Crippen molar-refractivity contribution in [3.8, 4) is 12.3 Å². The molecule has 0 saturated heterocycles. The third-order valence-electron chi connectivity index (χ3n) is 2.21. The van der Waals surface area contributed by atoms with Gasteiger partial charge < -0.3 is 0 Å². The molecule has 0 amide bonds. The molecule has 0 spiro atoms. The van der Waals surface area contributed by atoms with Crippen LogP contribution in [-0.4, -0.2) is 5.78 Å². The van der Waals surface area contributed by atoms with Crippen LogP contribution in [0.3, 0.4) is 0 Å². The SMILES string of the molecule is C#CCC1=CC(C)(C)CCC1=O. The van der Waals surface area contributed by atoms with E-state index < -0.39 is 0 Å². The molecule has 1 rings (SSSR count). The van der Waals surface area contributed by atoms with E-state index in [0.717, 1.165) is 12.0 Å². The van der Waals surface area contributed by atoms with Gasteiger partial charge in [0.25, 0.3) is 0 Å². The summed E-state index contributed by atoms with van der Waals surface area (Å²) < 4.78 is 0. The number of Topliss-reactive ketones (excluding diaryl/α,β-unsaturated/α-hetero) is 1. The summed E-state index contributed by atoms with van der Waals surface area (Å²) in [5.74, 6) is 2.75. The first-order valence-electron chi connectivity index (χ1n) is 4.23. The molecule has 0 N–H and O–H groups in total. The Hall–Kier alpha value is -1.03. The Labute approximate surface area is 73.9 Å². The van der Waals surface area contributed by atoms with Gasteiger partial charge in [-0.25, -0.2) is 0 Å². The maximum atomic E-state index is 11.3. The summed E-state index contributed by atoms with van der Waals surface area (Å²) in [5.41, 5.74) is 0.980. The fourth-order valence-electron chi connectivity index (χ4n) is 1.48. The molecule has 0 fully saturated rings. The number of hydrogen-bond donors (Lipinski definition) is 0. The van der Waals surface area contributed by atoms with E-state index in [1.165, 1.54) is 0 Å². The Morgan fingerprint density at radius 3 is 2.92 bits per heavy atom. The minimum atomic E-state index is 0.153. The molecule has 1 aliphatic carbocycles. The lowest BCUT2D eigenvalue weighted by Crippen LogP contribution is -2.19. The minimum Gasteiger partial charge on any atom is -0.295 e. The zero-order chi connectivity index (χ0) is 9.19. The van der Waals surface area contributed by atoms with Crippen LogP contribution in [0.2, 0.25) is 0 Å². The summed E-state index contributed by atoms with van der Waals surface area (Å²) in [5, 5.41) is 0. The Bertz CT molecular complexity index is 263. The van der Waals surface area contributed by atoms with E-state index in [1.54, 1.807) is 0 Å².